The van der Waals surface area contributed by atoms with Gasteiger partial charge in [0.15, 0.2) is 0 Å². The summed E-state index contributed by atoms with van der Waals surface area (Å²) in [6.45, 7) is 4.42. The van der Waals surface area contributed by atoms with Crippen molar-refractivity contribution in [3.8, 4) is 5.75 Å². The fraction of sp³-hybridized carbons (Fsp3) is 0.429. The topological polar surface area (TPSA) is 12.5 Å². The Labute approximate surface area is 152 Å². The van der Waals surface area contributed by atoms with Crippen LogP contribution in [0.1, 0.15) is 34.6 Å². The molecule has 2 nitrogen and oxygen atoms in total. The van der Waals surface area contributed by atoms with E-state index >= 15 is 0 Å². The summed E-state index contributed by atoms with van der Waals surface area (Å²) in [6.07, 6.45) is 3.57. The lowest BCUT2D eigenvalue weighted by molar-refractivity contribution is 0.313. The van der Waals surface area contributed by atoms with Crippen molar-refractivity contribution >= 4 is 12.4 Å². The summed E-state index contributed by atoms with van der Waals surface area (Å²) < 4.78 is 5.34. The Kier molecular flexibility index (Phi) is 6.70. The summed E-state index contributed by atoms with van der Waals surface area (Å²) >= 11 is 0. The molecular weight excluding hydrogens is 318 g/mol. The molecule has 130 valence electrons. The maximum Gasteiger partial charge on any atom is 0.119 e. The third kappa shape index (κ3) is 4.52. The van der Waals surface area contributed by atoms with Crippen molar-refractivity contribution < 1.29 is 4.74 Å². The molecule has 0 aromatic heterocycles. The van der Waals surface area contributed by atoms with Crippen molar-refractivity contribution in [1.29, 1.82) is 0 Å². The van der Waals surface area contributed by atoms with E-state index in [1.165, 1.54) is 35.1 Å². The first-order chi connectivity index (χ1) is 11.2. The van der Waals surface area contributed by atoms with Crippen LogP contribution in [0.3, 0.4) is 0 Å². The lowest BCUT2D eigenvalue weighted by Gasteiger charge is -2.22. The molecule has 3 heteroatoms. The zero-order valence-corrected chi connectivity index (χ0v) is 15.7. The number of hydrogen-bond donors (Lipinski definition) is 0. The largest absolute Gasteiger partial charge is 0.497 e. The molecule has 3 rings (SSSR count). The Hall–Kier alpha value is -1.51. The Morgan fingerprint density at radius 3 is 2.75 bits per heavy atom. The second-order valence-corrected chi connectivity index (χ2v) is 6.80. The molecule has 2 aromatic rings. The van der Waals surface area contributed by atoms with Crippen LogP contribution in [0.15, 0.2) is 42.5 Å². The molecule has 0 fully saturated rings. The first kappa shape index (κ1) is 18.8. The van der Waals surface area contributed by atoms with Crippen LogP contribution in [0.25, 0.3) is 0 Å². The van der Waals surface area contributed by atoms with Gasteiger partial charge in [0.1, 0.15) is 5.75 Å². The Morgan fingerprint density at radius 1 is 1.17 bits per heavy atom. The van der Waals surface area contributed by atoms with Crippen molar-refractivity contribution in [2.45, 2.75) is 32.1 Å². The summed E-state index contributed by atoms with van der Waals surface area (Å²) in [5.74, 6) is 1.65. The van der Waals surface area contributed by atoms with Crippen LogP contribution in [-0.4, -0.2) is 32.1 Å². The molecule has 24 heavy (non-hydrogen) atoms. The summed E-state index contributed by atoms with van der Waals surface area (Å²) in [5.41, 5.74) is 5.78. The van der Waals surface area contributed by atoms with Gasteiger partial charge in [0.2, 0.25) is 0 Å². The average Bonchev–Trinajstić information content (AvgIpc) is 2.95. The lowest BCUT2D eigenvalue weighted by atomic mass is 10.0. The van der Waals surface area contributed by atoms with E-state index in [1.54, 1.807) is 7.11 Å². The molecule has 0 amide bonds. The Balaban J connectivity index is 0.00000208. The van der Waals surface area contributed by atoms with Crippen molar-refractivity contribution in [2.75, 3.05) is 27.2 Å². The molecular formula is C21H28ClNO. The van der Waals surface area contributed by atoms with E-state index < -0.39 is 0 Å². The summed E-state index contributed by atoms with van der Waals surface area (Å²) in [4.78, 5) is 2.48. The van der Waals surface area contributed by atoms with Crippen molar-refractivity contribution in [3.05, 3.63) is 64.7 Å². The number of methoxy groups -OCH3 is 1. The molecule has 2 aromatic carbocycles. The van der Waals surface area contributed by atoms with Crippen LogP contribution in [0.4, 0.5) is 0 Å². The van der Waals surface area contributed by atoms with Gasteiger partial charge in [-0.05, 0) is 68.0 Å². The molecule has 0 radical (unpaired) electrons. The summed E-state index contributed by atoms with van der Waals surface area (Å²) in [5, 5.41) is 0. The number of fused-ring (bicyclic) bond motifs is 1. The molecule has 0 saturated heterocycles. The molecule has 1 aliphatic carbocycles. The second-order valence-electron chi connectivity index (χ2n) is 6.80. The predicted octanol–water partition coefficient (Wildman–Crippen LogP) is 4.63. The number of benzene rings is 2. The average molecular weight is 346 g/mol. The minimum absolute atomic E-state index is 0. The second kappa shape index (κ2) is 8.55. The van der Waals surface area contributed by atoms with E-state index in [4.69, 9.17) is 4.74 Å². The summed E-state index contributed by atoms with van der Waals surface area (Å²) in [6, 6.07) is 15.4. The van der Waals surface area contributed by atoms with Crippen LogP contribution < -0.4 is 4.74 Å². The first-order valence-corrected chi connectivity index (χ1v) is 8.56. The highest BCUT2D eigenvalue weighted by Crippen LogP contribution is 2.35. The van der Waals surface area contributed by atoms with Gasteiger partial charge in [0.05, 0.1) is 7.11 Å². The quantitative estimate of drug-likeness (QED) is 0.756. The third-order valence-electron chi connectivity index (χ3n) is 4.95. The van der Waals surface area contributed by atoms with Crippen molar-refractivity contribution in [2.24, 2.45) is 0 Å². The van der Waals surface area contributed by atoms with Crippen LogP contribution in [0, 0.1) is 6.92 Å². The van der Waals surface area contributed by atoms with Crippen LogP contribution in [-0.2, 0) is 12.8 Å². The van der Waals surface area contributed by atoms with Gasteiger partial charge in [-0.15, -0.1) is 12.4 Å². The molecule has 1 atom stereocenters. The van der Waals surface area contributed by atoms with Gasteiger partial charge < -0.3 is 9.64 Å². The highest BCUT2D eigenvalue weighted by atomic mass is 35.5. The highest BCUT2D eigenvalue weighted by molar-refractivity contribution is 5.85. The Morgan fingerprint density at radius 2 is 2.00 bits per heavy atom. The van der Waals surface area contributed by atoms with Crippen molar-refractivity contribution in [1.82, 2.24) is 4.90 Å². The zero-order valence-electron chi connectivity index (χ0n) is 14.9. The zero-order chi connectivity index (χ0) is 16.2. The fourth-order valence-electron chi connectivity index (χ4n) is 3.65. The molecule has 0 N–H and O–H groups in total. The minimum Gasteiger partial charge on any atom is -0.497 e. The lowest BCUT2D eigenvalue weighted by Crippen LogP contribution is -2.26. The Bertz CT molecular complexity index is 671. The van der Waals surface area contributed by atoms with E-state index in [-0.39, 0.29) is 12.4 Å². The number of rotatable bonds is 6. The van der Waals surface area contributed by atoms with E-state index in [0.717, 1.165) is 25.3 Å². The van der Waals surface area contributed by atoms with Gasteiger partial charge in [0, 0.05) is 13.1 Å². The standard InChI is InChI=1S/C21H27NO.ClH/c1-16-5-4-6-17(13-16)11-12-22(2)15-19-8-7-18-14-20(23-3)9-10-21(18)19;/h4-6,9-10,13-14,19H,7-8,11-12,15H2,1-3H3;1H. The number of hydrogen-bond acceptors (Lipinski definition) is 2. The number of ether oxygens (including phenoxy) is 1. The summed E-state index contributed by atoms with van der Waals surface area (Å²) in [7, 11) is 3.99. The molecule has 0 spiro atoms. The molecule has 0 bridgehead atoms. The van der Waals surface area contributed by atoms with Crippen molar-refractivity contribution in [3.63, 3.8) is 0 Å². The third-order valence-corrected chi connectivity index (χ3v) is 4.95. The number of likely N-dealkylation sites (N-methyl/N-ethyl adjacent to an activating group) is 1. The van der Waals surface area contributed by atoms with E-state index in [1.807, 2.05) is 0 Å². The van der Waals surface area contributed by atoms with Gasteiger partial charge in [-0.25, -0.2) is 0 Å². The van der Waals surface area contributed by atoms with Gasteiger partial charge in [0.25, 0.3) is 0 Å². The van der Waals surface area contributed by atoms with Gasteiger partial charge in [-0.2, -0.15) is 0 Å². The van der Waals surface area contributed by atoms with E-state index in [2.05, 4.69) is 61.3 Å². The van der Waals surface area contributed by atoms with E-state index in [9.17, 15) is 0 Å². The maximum atomic E-state index is 5.34. The highest BCUT2D eigenvalue weighted by Gasteiger charge is 2.23. The SMILES string of the molecule is COc1ccc2c(c1)CCC2CN(C)CCc1cccc(C)c1.Cl. The van der Waals surface area contributed by atoms with Gasteiger partial charge in [-0.1, -0.05) is 35.9 Å². The molecule has 0 saturated carbocycles. The molecule has 1 aliphatic rings. The van der Waals surface area contributed by atoms with Gasteiger partial charge in [-0.3, -0.25) is 0 Å². The fourth-order valence-corrected chi connectivity index (χ4v) is 3.65. The van der Waals surface area contributed by atoms with E-state index in [0.29, 0.717) is 5.92 Å². The maximum absolute atomic E-state index is 5.34. The normalized spacial score (nSPS) is 15.9. The first-order valence-electron chi connectivity index (χ1n) is 8.56. The van der Waals surface area contributed by atoms with Crippen LogP contribution in [0.5, 0.6) is 5.75 Å². The predicted molar refractivity (Wildman–Crippen MR) is 104 cm³/mol. The van der Waals surface area contributed by atoms with Crippen LogP contribution in [0.2, 0.25) is 0 Å². The number of aryl methyl sites for hydroxylation is 2. The van der Waals surface area contributed by atoms with Gasteiger partial charge >= 0.3 is 0 Å². The number of halogens is 1. The minimum atomic E-state index is 0. The monoisotopic (exact) mass is 345 g/mol. The smallest absolute Gasteiger partial charge is 0.119 e. The number of nitrogens with zero attached hydrogens (tertiary/aromatic N) is 1. The molecule has 1 unspecified atom stereocenters. The molecule has 0 aliphatic heterocycles. The van der Waals surface area contributed by atoms with Crippen LogP contribution >= 0.6 is 12.4 Å². The molecule has 0 heterocycles.